The molecule has 1 fully saturated rings. The summed E-state index contributed by atoms with van der Waals surface area (Å²) in [5.41, 5.74) is 0. The zero-order chi connectivity index (χ0) is 13.1. The van der Waals surface area contributed by atoms with Crippen LogP contribution >= 0.6 is 0 Å². The van der Waals surface area contributed by atoms with Crippen LogP contribution in [0.3, 0.4) is 0 Å². The molecule has 0 saturated carbocycles. The van der Waals surface area contributed by atoms with E-state index < -0.39 is 0 Å². The molecule has 0 aromatic carbocycles. The molecule has 0 aromatic heterocycles. The van der Waals surface area contributed by atoms with Crippen molar-refractivity contribution >= 4 is 5.97 Å². The van der Waals surface area contributed by atoms with Crippen molar-refractivity contribution in [3.05, 3.63) is 0 Å². The molecule has 0 aliphatic carbocycles. The van der Waals surface area contributed by atoms with Crippen LogP contribution in [0.25, 0.3) is 0 Å². The van der Waals surface area contributed by atoms with Gasteiger partial charge in [0.05, 0.1) is 26.3 Å². The smallest absolute Gasteiger partial charge is 0.325 e. The monoisotopic (exact) mass is 257 g/mol. The standard InChI is InChI=1S/C14H27NO3/c1-2-3-4-5-6-7-8-9-14(16)18-15-10-12-17-13-11-15/h2-13H2,1H3. The predicted octanol–water partition coefficient (Wildman–Crippen LogP) is 2.92. The lowest BCUT2D eigenvalue weighted by atomic mass is 10.1. The summed E-state index contributed by atoms with van der Waals surface area (Å²) in [6, 6.07) is 0. The molecule has 0 radical (unpaired) electrons. The molecule has 1 saturated heterocycles. The maximum Gasteiger partial charge on any atom is 0.325 e. The summed E-state index contributed by atoms with van der Waals surface area (Å²) in [4.78, 5) is 16.8. The van der Waals surface area contributed by atoms with Crippen molar-refractivity contribution in [2.45, 2.75) is 58.3 Å². The minimum absolute atomic E-state index is 0.0922. The van der Waals surface area contributed by atoms with Crippen LogP contribution < -0.4 is 0 Å². The van der Waals surface area contributed by atoms with Gasteiger partial charge in [0, 0.05) is 6.42 Å². The predicted molar refractivity (Wildman–Crippen MR) is 71.1 cm³/mol. The van der Waals surface area contributed by atoms with Crippen molar-refractivity contribution in [3.8, 4) is 0 Å². The third-order valence-electron chi connectivity index (χ3n) is 3.19. The zero-order valence-corrected chi connectivity index (χ0v) is 11.7. The quantitative estimate of drug-likeness (QED) is 0.595. The maximum absolute atomic E-state index is 11.5. The van der Waals surface area contributed by atoms with Gasteiger partial charge in [-0.25, -0.2) is 0 Å². The summed E-state index contributed by atoms with van der Waals surface area (Å²) in [6.07, 6.45) is 9.12. The number of carbonyl (C=O) groups excluding carboxylic acids is 1. The van der Waals surface area contributed by atoms with Crippen molar-refractivity contribution in [2.24, 2.45) is 0 Å². The fourth-order valence-corrected chi connectivity index (χ4v) is 2.05. The Morgan fingerprint density at radius 3 is 2.33 bits per heavy atom. The van der Waals surface area contributed by atoms with Gasteiger partial charge < -0.3 is 9.57 Å². The average molecular weight is 257 g/mol. The van der Waals surface area contributed by atoms with Crippen LogP contribution in [0.2, 0.25) is 0 Å². The van der Waals surface area contributed by atoms with Crippen LogP contribution in [0.1, 0.15) is 58.3 Å². The second-order valence-electron chi connectivity index (χ2n) is 4.88. The first-order chi connectivity index (χ1) is 8.83. The molecule has 18 heavy (non-hydrogen) atoms. The minimum Gasteiger partial charge on any atom is -0.379 e. The van der Waals surface area contributed by atoms with E-state index >= 15 is 0 Å². The van der Waals surface area contributed by atoms with Crippen LogP contribution in [0.5, 0.6) is 0 Å². The third-order valence-corrected chi connectivity index (χ3v) is 3.19. The molecule has 0 N–H and O–H groups in total. The topological polar surface area (TPSA) is 38.8 Å². The molecule has 1 aliphatic rings. The molecular weight excluding hydrogens is 230 g/mol. The van der Waals surface area contributed by atoms with E-state index in [-0.39, 0.29) is 5.97 Å². The van der Waals surface area contributed by atoms with E-state index in [1.807, 2.05) is 0 Å². The number of rotatable bonds is 9. The van der Waals surface area contributed by atoms with Gasteiger partial charge in [0.15, 0.2) is 0 Å². The Balaban J connectivity index is 1.90. The first kappa shape index (κ1) is 15.4. The van der Waals surface area contributed by atoms with E-state index in [0.717, 1.165) is 12.8 Å². The van der Waals surface area contributed by atoms with Crippen molar-refractivity contribution in [2.75, 3.05) is 26.3 Å². The number of nitrogens with zero attached hydrogens (tertiary/aromatic N) is 1. The molecule has 1 heterocycles. The van der Waals surface area contributed by atoms with E-state index in [0.29, 0.717) is 32.7 Å². The Morgan fingerprint density at radius 2 is 1.67 bits per heavy atom. The summed E-state index contributed by atoms with van der Waals surface area (Å²) in [7, 11) is 0. The van der Waals surface area contributed by atoms with Crippen molar-refractivity contribution in [3.63, 3.8) is 0 Å². The molecule has 0 amide bonds. The number of hydrogen-bond donors (Lipinski definition) is 0. The van der Waals surface area contributed by atoms with Crippen LogP contribution in [-0.2, 0) is 14.4 Å². The second kappa shape index (κ2) is 10.3. The fourth-order valence-electron chi connectivity index (χ4n) is 2.05. The van der Waals surface area contributed by atoms with Crippen molar-refractivity contribution in [1.82, 2.24) is 5.06 Å². The van der Waals surface area contributed by atoms with Crippen LogP contribution in [0, 0.1) is 0 Å². The van der Waals surface area contributed by atoms with Crippen LogP contribution in [-0.4, -0.2) is 37.3 Å². The Morgan fingerprint density at radius 1 is 1.06 bits per heavy atom. The molecular formula is C14H27NO3. The number of hydroxylamine groups is 2. The SMILES string of the molecule is CCCCCCCCCC(=O)ON1CCOCC1. The van der Waals surface area contributed by atoms with E-state index in [1.54, 1.807) is 5.06 Å². The Bertz CT molecular complexity index is 215. The average Bonchev–Trinajstić information content (AvgIpc) is 2.39. The molecule has 1 aliphatic heterocycles. The second-order valence-corrected chi connectivity index (χ2v) is 4.88. The number of carbonyl (C=O) groups is 1. The lowest BCUT2D eigenvalue weighted by molar-refractivity contribution is -0.205. The van der Waals surface area contributed by atoms with Crippen LogP contribution in [0.4, 0.5) is 0 Å². The normalized spacial score (nSPS) is 16.7. The molecule has 0 aromatic rings. The highest BCUT2D eigenvalue weighted by Crippen LogP contribution is 2.09. The number of hydrogen-bond acceptors (Lipinski definition) is 4. The van der Waals surface area contributed by atoms with Gasteiger partial charge in [0.2, 0.25) is 0 Å². The largest absolute Gasteiger partial charge is 0.379 e. The molecule has 4 heteroatoms. The zero-order valence-electron chi connectivity index (χ0n) is 11.7. The number of morpholine rings is 1. The van der Waals surface area contributed by atoms with E-state index in [4.69, 9.17) is 9.57 Å². The number of ether oxygens (including phenoxy) is 1. The van der Waals surface area contributed by atoms with E-state index in [2.05, 4.69) is 6.92 Å². The lowest BCUT2D eigenvalue weighted by Crippen LogP contribution is -2.37. The molecule has 0 unspecified atom stereocenters. The van der Waals surface area contributed by atoms with Crippen molar-refractivity contribution < 1.29 is 14.4 Å². The highest BCUT2D eigenvalue weighted by atomic mass is 16.7. The van der Waals surface area contributed by atoms with Gasteiger partial charge >= 0.3 is 5.97 Å². The van der Waals surface area contributed by atoms with E-state index in [1.165, 1.54) is 32.1 Å². The summed E-state index contributed by atoms with van der Waals surface area (Å²) in [5, 5.41) is 1.72. The Hall–Kier alpha value is -0.610. The lowest BCUT2D eigenvalue weighted by Gasteiger charge is -2.24. The molecule has 4 nitrogen and oxygen atoms in total. The molecule has 0 spiro atoms. The molecule has 0 bridgehead atoms. The van der Waals surface area contributed by atoms with Gasteiger partial charge in [-0.1, -0.05) is 45.4 Å². The van der Waals surface area contributed by atoms with Gasteiger partial charge in [-0.2, -0.15) is 0 Å². The Kier molecular flexibility index (Phi) is 8.86. The minimum atomic E-state index is -0.0922. The fraction of sp³-hybridized carbons (Fsp3) is 0.929. The highest BCUT2D eigenvalue weighted by molar-refractivity contribution is 5.68. The van der Waals surface area contributed by atoms with E-state index in [9.17, 15) is 4.79 Å². The van der Waals surface area contributed by atoms with Gasteiger partial charge in [0.25, 0.3) is 0 Å². The number of unbranched alkanes of at least 4 members (excludes halogenated alkanes) is 6. The molecule has 106 valence electrons. The van der Waals surface area contributed by atoms with Gasteiger partial charge in [-0.15, -0.1) is 5.06 Å². The first-order valence-corrected chi connectivity index (χ1v) is 7.36. The molecule has 0 atom stereocenters. The highest BCUT2D eigenvalue weighted by Gasteiger charge is 2.14. The summed E-state index contributed by atoms with van der Waals surface area (Å²) in [6.45, 7) is 4.93. The Labute approximate surface area is 111 Å². The summed E-state index contributed by atoms with van der Waals surface area (Å²) >= 11 is 0. The van der Waals surface area contributed by atoms with Crippen LogP contribution in [0.15, 0.2) is 0 Å². The third kappa shape index (κ3) is 7.67. The molecule has 1 rings (SSSR count). The van der Waals surface area contributed by atoms with Gasteiger partial charge in [-0.05, 0) is 6.42 Å². The van der Waals surface area contributed by atoms with Gasteiger partial charge in [-0.3, -0.25) is 4.79 Å². The maximum atomic E-state index is 11.5. The van der Waals surface area contributed by atoms with Gasteiger partial charge in [0.1, 0.15) is 0 Å². The van der Waals surface area contributed by atoms with Crippen molar-refractivity contribution in [1.29, 1.82) is 0 Å². The summed E-state index contributed by atoms with van der Waals surface area (Å²) < 4.78 is 5.19. The summed E-state index contributed by atoms with van der Waals surface area (Å²) in [5.74, 6) is -0.0922. The first-order valence-electron chi connectivity index (χ1n) is 7.36.